The smallest absolute Gasteiger partial charge is 0.277 e. The second-order valence-corrected chi connectivity index (χ2v) is 9.84. The van der Waals surface area contributed by atoms with Gasteiger partial charge in [0.05, 0.1) is 11.0 Å². The number of hydrogen-bond donors (Lipinski definition) is 3. The van der Waals surface area contributed by atoms with Crippen LogP contribution in [0.25, 0.3) is 17.0 Å². The van der Waals surface area contributed by atoms with Crippen LogP contribution in [-0.4, -0.2) is 48.6 Å². The topological polar surface area (TPSA) is 120 Å². The van der Waals surface area contributed by atoms with Gasteiger partial charge in [-0.2, -0.15) is 4.68 Å². The summed E-state index contributed by atoms with van der Waals surface area (Å²) in [6.07, 6.45) is 2.38. The molecule has 0 spiro atoms. The largest absolute Gasteiger partial charge is 0.337 e. The van der Waals surface area contributed by atoms with E-state index in [2.05, 4.69) is 20.1 Å². The molecular weight excluding hydrogens is 499 g/mol. The standard InChI is InChI=1S/C29H27FN6O3/c30-20-11-8-18(9-12-20)10-13-21-26(34-36(27(21)38)29-32-22-4-1-2-5-23(22)33-29)19-14-16-35(17-15-19)28(39)24-6-3-7-25(37)31-24/h1-9,11-12,19,34H,10,13-17H2,(H,31,37)(H,32,33). The van der Waals surface area contributed by atoms with Gasteiger partial charge in [0.1, 0.15) is 11.5 Å². The Kier molecular flexibility index (Phi) is 6.44. The minimum atomic E-state index is -0.314. The molecule has 6 rings (SSSR count). The van der Waals surface area contributed by atoms with Crippen LogP contribution in [0.1, 0.15) is 46.1 Å². The molecule has 0 radical (unpaired) electrons. The van der Waals surface area contributed by atoms with E-state index in [0.717, 1.165) is 22.3 Å². The molecule has 3 aromatic heterocycles. The number of H-pyrrole nitrogens is 3. The first-order valence-electron chi connectivity index (χ1n) is 13.0. The number of carbonyl (C=O) groups is 1. The molecule has 2 aromatic carbocycles. The van der Waals surface area contributed by atoms with Crippen LogP contribution in [0, 0.1) is 5.82 Å². The first-order valence-corrected chi connectivity index (χ1v) is 13.0. The van der Waals surface area contributed by atoms with Crippen molar-refractivity contribution >= 4 is 16.9 Å². The third-order valence-electron chi connectivity index (χ3n) is 7.37. The van der Waals surface area contributed by atoms with Crippen LogP contribution < -0.4 is 11.1 Å². The zero-order valence-corrected chi connectivity index (χ0v) is 21.1. The molecule has 0 unspecified atom stereocenters. The van der Waals surface area contributed by atoms with E-state index >= 15 is 0 Å². The van der Waals surface area contributed by atoms with E-state index in [4.69, 9.17) is 0 Å². The van der Waals surface area contributed by atoms with Gasteiger partial charge in [-0.1, -0.05) is 30.3 Å². The number of hydrogen-bond acceptors (Lipinski definition) is 4. The zero-order chi connectivity index (χ0) is 26.9. The van der Waals surface area contributed by atoms with Gasteiger partial charge in [0.2, 0.25) is 11.5 Å². The summed E-state index contributed by atoms with van der Waals surface area (Å²) in [6, 6.07) is 18.4. The summed E-state index contributed by atoms with van der Waals surface area (Å²) in [5, 5.41) is 3.33. The van der Waals surface area contributed by atoms with E-state index in [-0.39, 0.29) is 34.5 Å². The van der Waals surface area contributed by atoms with Crippen LogP contribution in [0.5, 0.6) is 0 Å². The number of piperidine rings is 1. The molecule has 5 aromatic rings. The molecule has 0 saturated carbocycles. The number of benzene rings is 2. The number of likely N-dealkylation sites (tertiary alicyclic amines) is 1. The Bertz CT molecular complexity index is 1720. The lowest BCUT2D eigenvalue weighted by atomic mass is 9.89. The Hall–Kier alpha value is -4.73. The number of pyridine rings is 1. The molecule has 9 nitrogen and oxygen atoms in total. The molecule has 0 atom stereocenters. The second-order valence-electron chi connectivity index (χ2n) is 9.84. The molecule has 10 heteroatoms. The fraction of sp³-hybridized carbons (Fsp3) is 0.241. The maximum Gasteiger partial charge on any atom is 0.277 e. The summed E-state index contributed by atoms with van der Waals surface area (Å²) in [5.41, 5.74) is 3.81. The first-order chi connectivity index (χ1) is 19.0. The van der Waals surface area contributed by atoms with E-state index in [9.17, 15) is 18.8 Å². The molecule has 39 heavy (non-hydrogen) atoms. The summed E-state index contributed by atoms with van der Waals surface area (Å²) in [6.45, 7) is 0.991. The first kappa shape index (κ1) is 24.6. The van der Waals surface area contributed by atoms with Gasteiger partial charge in [0, 0.05) is 36.3 Å². The highest BCUT2D eigenvalue weighted by Gasteiger charge is 2.29. The normalized spacial score (nSPS) is 14.2. The SMILES string of the molecule is O=C(c1cccc(=O)[nH]1)N1CCC(c2[nH]n(-c3nc4ccccc4[nH]3)c(=O)c2CCc2ccc(F)cc2)CC1. The number of nitrogens with zero attached hydrogens (tertiary/aromatic N) is 3. The number of aromatic nitrogens is 5. The highest BCUT2D eigenvalue weighted by molar-refractivity contribution is 5.92. The monoisotopic (exact) mass is 526 g/mol. The van der Waals surface area contributed by atoms with E-state index in [1.807, 2.05) is 24.3 Å². The van der Waals surface area contributed by atoms with Crippen molar-refractivity contribution in [3.63, 3.8) is 0 Å². The van der Waals surface area contributed by atoms with Crippen molar-refractivity contribution in [2.24, 2.45) is 0 Å². The molecule has 1 amide bonds. The van der Waals surface area contributed by atoms with Crippen LogP contribution in [0.2, 0.25) is 0 Å². The molecule has 0 aliphatic carbocycles. The van der Waals surface area contributed by atoms with Gasteiger partial charge in [-0.05, 0) is 61.6 Å². The number of halogens is 1. The summed E-state index contributed by atoms with van der Waals surface area (Å²) in [4.78, 5) is 50.4. The number of aromatic amines is 3. The summed E-state index contributed by atoms with van der Waals surface area (Å²) >= 11 is 0. The molecule has 1 fully saturated rings. The molecule has 1 aliphatic rings. The lowest BCUT2D eigenvalue weighted by Crippen LogP contribution is -2.39. The molecule has 4 heterocycles. The molecule has 1 aliphatic heterocycles. The number of aryl methyl sites for hydroxylation is 1. The van der Waals surface area contributed by atoms with Crippen LogP contribution in [0.3, 0.4) is 0 Å². The fourth-order valence-corrected chi connectivity index (χ4v) is 5.30. The predicted octanol–water partition coefficient (Wildman–Crippen LogP) is 3.67. The molecule has 0 bridgehead atoms. The van der Waals surface area contributed by atoms with Gasteiger partial charge >= 0.3 is 0 Å². The molecule has 1 saturated heterocycles. The minimum absolute atomic E-state index is 0.0328. The number of imidazole rings is 1. The molecule has 3 N–H and O–H groups in total. The van der Waals surface area contributed by atoms with Gasteiger partial charge in [-0.25, -0.2) is 9.37 Å². The van der Waals surface area contributed by atoms with Crippen molar-refractivity contribution in [2.75, 3.05) is 13.1 Å². The fourth-order valence-electron chi connectivity index (χ4n) is 5.30. The van der Waals surface area contributed by atoms with E-state index in [1.165, 1.54) is 22.9 Å². The summed E-state index contributed by atoms with van der Waals surface area (Å²) in [5.74, 6) is -0.0632. The van der Waals surface area contributed by atoms with Crippen molar-refractivity contribution in [2.45, 2.75) is 31.6 Å². The Labute approximate surface area is 222 Å². The van der Waals surface area contributed by atoms with Crippen LogP contribution in [-0.2, 0) is 12.8 Å². The summed E-state index contributed by atoms with van der Waals surface area (Å²) < 4.78 is 14.9. The molecule has 198 valence electrons. The van der Waals surface area contributed by atoms with Crippen LogP contribution in [0.4, 0.5) is 4.39 Å². The maximum atomic E-state index is 13.7. The third-order valence-corrected chi connectivity index (χ3v) is 7.37. The number of fused-ring (bicyclic) bond motifs is 1. The lowest BCUT2D eigenvalue weighted by Gasteiger charge is -2.31. The van der Waals surface area contributed by atoms with Crippen molar-refractivity contribution < 1.29 is 9.18 Å². The van der Waals surface area contributed by atoms with Crippen LogP contribution in [0.15, 0.2) is 76.3 Å². The van der Waals surface area contributed by atoms with Crippen LogP contribution >= 0.6 is 0 Å². The second kappa shape index (κ2) is 10.2. The average molecular weight is 527 g/mol. The minimum Gasteiger partial charge on any atom is -0.337 e. The number of nitrogens with one attached hydrogen (secondary N) is 3. The van der Waals surface area contributed by atoms with Gasteiger partial charge in [-0.15, -0.1) is 0 Å². The maximum absolute atomic E-state index is 13.7. The van der Waals surface area contributed by atoms with E-state index in [0.29, 0.717) is 50.3 Å². The Morgan fingerprint density at radius 3 is 2.44 bits per heavy atom. The van der Waals surface area contributed by atoms with Crippen molar-refractivity contribution in [3.05, 3.63) is 116 Å². The van der Waals surface area contributed by atoms with Gasteiger partial charge in [0.25, 0.3) is 11.5 Å². The lowest BCUT2D eigenvalue weighted by molar-refractivity contribution is 0.0705. The highest BCUT2D eigenvalue weighted by Crippen LogP contribution is 2.30. The van der Waals surface area contributed by atoms with Gasteiger partial charge < -0.3 is 14.9 Å². The highest BCUT2D eigenvalue weighted by atomic mass is 19.1. The number of amides is 1. The van der Waals surface area contributed by atoms with E-state index in [1.54, 1.807) is 29.2 Å². The Morgan fingerprint density at radius 1 is 0.923 bits per heavy atom. The zero-order valence-electron chi connectivity index (χ0n) is 21.1. The molecular formula is C29H27FN6O3. The van der Waals surface area contributed by atoms with Crippen molar-refractivity contribution in [3.8, 4) is 5.95 Å². The third kappa shape index (κ3) is 4.93. The van der Waals surface area contributed by atoms with Crippen molar-refractivity contribution in [1.29, 1.82) is 0 Å². The van der Waals surface area contributed by atoms with Gasteiger partial charge in [-0.3, -0.25) is 19.5 Å². The predicted molar refractivity (Wildman–Crippen MR) is 145 cm³/mol. The van der Waals surface area contributed by atoms with Gasteiger partial charge in [0.15, 0.2) is 0 Å². The Balaban J connectivity index is 1.28. The average Bonchev–Trinajstić information content (AvgIpc) is 3.53. The van der Waals surface area contributed by atoms with E-state index < -0.39 is 0 Å². The quantitative estimate of drug-likeness (QED) is 0.313. The summed E-state index contributed by atoms with van der Waals surface area (Å²) in [7, 11) is 0. The van der Waals surface area contributed by atoms with Crippen molar-refractivity contribution in [1.82, 2.24) is 29.6 Å². The number of para-hydroxylation sites is 2. The number of carbonyl (C=O) groups excluding carboxylic acids is 1. The Morgan fingerprint density at radius 2 is 1.69 bits per heavy atom. The number of rotatable bonds is 6.